The largest absolute Gasteiger partial charge is 0.569 e. The molecule has 0 spiro atoms. The van der Waals surface area contributed by atoms with Crippen LogP contribution in [0.3, 0.4) is 0 Å². The highest BCUT2D eigenvalue weighted by Crippen LogP contribution is 2.42. The smallest absolute Gasteiger partial charge is 0.537 e. The van der Waals surface area contributed by atoms with Crippen molar-refractivity contribution in [3.8, 4) is 5.75 Å². The molecule has 0 amide bonds. The summed E-state index contributed by atoms with van der Waals surface area (Å²) in [6.07, 6.45) is 0. The Bertz CT molecular complexity index is 930. The average Bonchev–Trinajstić information content (AvgIpc) is 2.87. The summed E-state index contributed by atoms with van der Waals surface area (Å²) in [5, 5.41) is 13.6. The van der Waals surface area contributed by atoms with E-state index in [0.29, 0.717) is 5.75 Å². The van der Waals surface area contributed by atoms with Crippen molar-refractivity contribution in [2.24, 2.45) is 0 Å². The molecule has 0 fully saturated rings. The van der Waals surface area contributed by atoms with Crippen LogP contribution in [-0.4, -0.2) is 12.7 Å². The minimum Gasteiger partial charge on any atom is -0.537 e. The molecule has 1 heterocycles. The van der Waals surface area contributed by atoms with Gasteiger partial charge < -0.3 is 9.68 Å². The first kappa shape index (κ1) is 11.8. The van der Waals surface area contributed by atoms with Gasteiger partial charge in [0, 0.05) is 20.2 Å². The lowest BCUT2D eigenvalue weighted by Crippen LogP contribution is -1.99. The maximum atomic E-state index is 8.92. The van der Waals surface area contributed by atoms with Crippen molar-refractivity contribution in [2.45, 2.75) is 0 Å². The Morgan fingerprint density at radius 2 is 1.80 bits per heavy atom. The number of hydrogen-bond acceptors (Lipinski definition) is 3. The first-order valence-electron chi connectivity index (χ1n) is 6.34. The Morgan fingerprint density at radius 3 is 2.70 bits per heavy atom. The molecule has 0 unspecified atom stereocenters. The molecule has 4 aromatic rings. The molecular formula is C16H10BO2S. The fourth-order valence-electron chi connectivity index (χ4n) is 2.68. The van der Waals surface area contributed by atoms with E-state index in [1.54, 1.807) is 11.3 Å². The normalized spacial score (nSPS) is 11.2. The summed E-state index contributed by atoms with van der Waals surface area (Å²) in [7, 11) is 0.735. The van der Waals surface area contributed by atoms with E-state index in [4.69, 9.17) is 9.68 Å². The molecule has 4 heteroatoms. The summed E-state index contributed by atoms with van der Waals surface area (Å²) in [6.45, 7) is 0. The van der Waals surface area contributed by atoms with Gasteiger partial charge in [0.2, 0.25) is 0 Å². The van der Waals surface area contributed by atoms with Crippen LogP contribution in [0.25, 0.3) is 30.9 Å². The second kappa shape index (κ2) is 4.51. The fraction of sp³-hybridized carbons (Fsp3) is 0. The summed E-state index contributed by atoms with van der Waals surface area (Å²) in [6, 6.07) is 18.5. The van der Waals surface area contributed by atoms with Gasteiger partial charge in [0.1, 0.15) is 5.75 Å². The second-order valence-electron chi connectivity index (χ2n) is 4.62. The van der Waals surface area contributed by atoms with Crippen LogP contribution in [0.4, 0.5) is 0 Å². The Hall–Kier alpha value is -2.04. The van der Waals surface area contributed by atoms with Crippen LogP contribution in [0.5, 0.6) is 5.75 Å². The summed E-state index contributed by atoms with van der Waals surface area (Å²) >= 11 is 1.76. The van der Waals surface area contributed by atoms with E-state index in [2.05, 4.69) is 42.5 Å². The van der Waals surface area contributed by atoms with Crippen molar-refractivity contribution in [3.63, 3.8) is 0 Å². The Morgan fingerprint density at radius 1 is 0.900 bits per heavy atom. The Balaban J connectivity index is 2.19. The van der Waals surface area contributed by atoms with E-state index in [0.717, 1.165) is 17.8 Å². The molecule has 4 rings (SSSR count). The highest BCUT2D eigenvalue weighted by molar-refractivity contribution is 7.26. The number of hydrogen-bond donors (Lipinski definition) is 1. The molecule has 95 valence electrons. The van der Waals surface area contributed by atoms with Gasteiger partial charge in [-0.3, -0.25) is 0 Å². The highest BCUT2D eigenvalue weighted by Gasteiger charge is 2.12. The van der Waals surface area contributed by atoms with Crippen LogP contribution in [0.2, 0.25) is 0 Å². The maximum absolute atomic E-state index is 8.92. The number of rotatable bonds is 2. The monoisotopic (exact) mass is 277 g/mol. The first-order chi connectivity index (χ1) is 9.88. The molecule has 0 saturated heterocycles. The maximum Gasteiger partial charge on any atom is 0.569 e. The lowest BCUT2D eigenvalue weighted by atomic mass is 10.1. The van der Waals surface area contributed by atoms with Crippen molar-refractivity contribution in [1.29, 1.82) is 0 Å². The van der Waals surface area contributed by atoms with Crippen LogP contribution in [0.1, 0.15) is 0 Å². The van der Waals surface area contributed by atoms with E-state index >= 15 is 0 Å². The predicted octanol–water partition coefficient (Wildman–Crippen LogP) is 4.11. The van der Waals surface area contributed by atoms with Gasteiger partial charge in [-0.1, -0.05) is 42.5 Å². The summed E-state index contributed by atoms with van der Waals surface area (Å²) in [5.41, 5.74) is 0. The fourth-order valence-corrected chi connectivity index (χ4v) is 3.93. The highest BCUT2D eigenvalue weighted by atomic mass is 32.1. The van der Waals surface area contributed by atoms with Crippen molar-refractivity contribution >= 4 is 50.0 Å². The SMILES string of the molecule is O[B]Oc1cccc2sc3c4ccccc4ccc3c12. The molecule has 2 nitrogen and oxygen atoms in total. The first-order valence-corrected chi connectivity index (χ1v) is 7.15. The molecular weight excluding hydrogens is 267 g/mol. The van der Waals surface area contributed by atoms with E-state index in [1.165, 1.54) is 20.9 Å². The molecule has 0 saturated carbocycles. The van der Waals surface area contributed by atoms with E-state index in [9.17, 15) is 0 Å². The van der Waals surface area contributed by atoms with Gasteiger partial charge in [0.25, 0.3) is 0 Å². The lowest BCUT2D eigenvalue weighted by molar-refractivity contribution is 0.457. The van der Waals surface area contributed by atoms with Crippen LogP contribution in [-0.2, 0) is 0 Å². The quantitative estimate of drug-likeness (QED) is 0.559. The van der Waals surface area contributed by atoms with E-state index in [-0.39, 0.29) is 0 Å². The molecule has 0 aliphatic rings. The zero-order valence-corrected chi connectivity index (χ0v) is 11.4. The van der Waals surface area contributed by atoms with Crippen LogP contribution in [0.15, 0.2) is 54.6 Å². The third-order valence-electron chi connectivity index (χ3n) is 3.53. The minimum atomic E-state index is 0.687. The molecule has 20 heavy (non-hydrogen) atoms. The zero-order chi connectivity index (χ0) is 13.5. The Labute approximate surface area is 120 Å². The van der Waals surface area contributed by atoms with Gasteiger partial charge >= 0.3 is 7.69 Å². The third kappa shape index (κ3) is 1.62. The lowest BCUT2D eigenvalue weighted by Gasteiger charge is -2.04. The van der Waals surface area contributed by atoms with Crippen LogP contribution >= 0.6 is 11.3 Å². The van der Waals surface area contributed by atoms with Gasteiger partial charge in [0.05, 0.1) is 0 Å². The molecule has 1 N–H and O–H groups in total. The van der Waals surface area contributed by atoms with Crippen molar-refractivity contribution in [3.05, 3.63) is 54.6 Å². The summed E-state index contributed by atoms with van der Waals surface area (Å²) in [4.78, 5) is 0. The number of fused-ring (bicyclic) bond motifs is 5. The van der Waals surface area contributed by atoms with Gasteiger partial charge in [-0.15, -0.1) is 11.3 Å². The summed E-state index contributed by atoms with van der Waals surface area (Å²) < 4.78 is 7.65. The third-order valence-corrected chi connectivity index (χ3v) is 4.73. The summed E-state index contributed by atoms with van der Waals surface area (Å²) in [5.74, 6) is 0.687. The minimum absolute atomic E-state index is 0.687. The molecule has 1 radical (unpaired) electrons. The molecule has 0 bridgehead atoms. The predicted molar refractivity (Wildman–Crippen MR) is 85.4 cm³/mol. The molecule has 3 aromatic carbocycles. The number of thiophene rings is 1. The average molecular weight is 277 g/mol. The van der Waals surface area contributed by atoms with Gasteiger partial charge in [-0.2, -0.15) is 0 Å². The van der Waals surface area contributed by atoms with Gasteiger partial charge in [-0.05, 0) is 22.9 Å². The molecule has 0 aliphatic heterocycles. The zero-order valence-electron chi connectivity index (χ0n) is 10.5. The second-order valence-corrected chi connectivity index (χ2v) is 5.67. The van der Waals surface area contributed by atoms with Gasteiger partial charge in [0.15, 0.2) is 0 Å². The van der Waals surface area contributed by atoms with Crippen LogP contribution in [0, 0.1) is 0 Å². The van der Waals surface area contributed by atoms with Crippen molar-refractivity contribution in [1.82, 2.24) is 0 Å². The molecule has 0 atom stereocenters. The van der Waals surface area contributed by atoms with Crippen LogP contribution < -0.4 is 4.65 Å². The van der Waals surface area contributed by atoms with Crippen molar-refractivity contribution < 1.29 is 9.68 Å². The molecule has 0 aliphatic carbocycles. The molecule has 1 aromatic heterocycles. The standard InChI is InChI=1S/C16H10BO2S/c18-17-19-13-6-3-7-14-15(13)12-9-8-10-4-1-2-5-11(10)16(12)20-14/h1-9,18H. The topological polar surface area (TPSA) is 29.5 Å². The van der Waals surface area contributed by atoms with E-state index in [1.807, 2.05) is 12.1 Å². The van der Waals surface area contributed by atoms with E-state index < -0.39 is 0 Å². The van der Waals surface area contributed by atoms with Crippen molar-refractivity contribution in [2.75, 3.05) is 0 Å². The Kier molecular flexibility index (Phi) is 2.65. The number of benzene rings is 3. The van der Waals surface area contributed by atoms with Gasteiger partial charge in [-0.25, -0.2) is 0 Å².